The second kappa shape index (κ2) is 8.31. The van der Waals surface area contributed by atoms with Gasteiger partial charge < -0.3 is 19.7 Å². The van der Waals surface area contributed by atoms with Gasteiger partial charge in [0.25, 0.3) is 0 Å². The van der Waals surface area contributed by atoms with E-state index in [-0.39, 0.29) is 17.9 Å². The van der Waals surface area contributed by atoms with E-state index in [0.717, 1.165) is 30.4 Å². The number of fused-ring (bicyclic) bond motifs is 1. The van der Waals surface area contributed by atoms with E-state index in [1.54, 1.807) is 26.4 Å². The Hall–Kier alpha value is -2.76. The molecule has 2 aromatic carbocycles. The molecule has 1 atom stereocenters. The van der Waals surface area contributed by atoms with Crippen molar-refractivity contribution in [2.75, 3.05) is 20.8 Å². The fourth-order valence-electron chi connectivity index (χ4n) is 4.20. The van der Waals surface area contributed by atoms with Gasteiger partial charge in [0, 0.05) is 13.1 Å². The van der Waals surface area contributed by atoms with Crippen molar-refractivity contribution in [3.8, 4) is 11.5 Å². The molecule has 0 saturated heterocycles. The van der Waals surface area contributed by atoms with E-state index in [9.17, 15) is 9.18 Å². The Morgan fingerprint density at radius 2 is 1.76 bits per heavy atom. The zero-order valence-electron chi connectivity index (χ0n) is 16.9. The molecule has 0 radical (unpaired) electrons. The van der Waals surface area contributed by atoms with E-state index in [0.29, 0.717) is 30.5 Å². The molecule has 29 heavy (non-hydrogen) atoms. The highest BCUT2D eigenvalue weighted by Gasteiger charge is 2.32. The number of amides is 2. The summed E-state index contributed by atoms with van der Waals surface area (Å²) in [6.45, 7) is 1.18. The van der Waals surface area contributed by atoms with Gasteiger partial charge in [-0.3, -0.25) is 0 Å². The molecular formula is C23H27FN2O3. The van der Waals surface area contributed by atoms with Gasteiger partial charge in [-0.1, -0.05) is 18.6 Å². The number of nitrogens with zero attached hydrogens (tertiary/aromatic N) is 1. The third kappa shape index (κ3) is 4.02. The van der Waals surface area contributed by atoms with Crippen molar-refractivity contribution >= 4 is 6.03 Å². The average molecular weight is 398 g/mol. The van der Waals surface area contributed by atoms with Crippen LogP contribution < -0.4 is 14.8 Å². The minimum atomic E-state index is -0.260. The molecule has 2 amide bonds. The van der Waals surface area contributed by atoms with Crippen LogP contribution in [0.4, 0.5) is 9.18 Å². The number of rotatable bonds is 5. The second-order valence-electron chi connectivity index (χ2n) is 7.82. The Kier molecular flexibility index (Phi) is 5.60. The van der Waals surface area contributed by atoms with Crippen molar-refractivity contribution in [1.29, 1.82) is 0 Å². The lowest BCUT2D eigenvalue weighted by molar-refractivity contribution is 0.170. The standard InChI is InChI=1S/C23H27FN2O3/c1-28-20-12-17-10-11-26(14-18(17)13-21(20)29-2)23(27)25-22(15-4-3-5-15)16-6-8-19(24)9-7-16/h6-9,12-13,15,22H,3-5,10-11,14H2,1-2H3,(H,25,27). The van der Waals surface area contributed by atoms with Gasteiger partial charge in [-0.15, -0.1) is 0 Å². The van der Waals surface area contributed by atoms with E-state index in [1.165, 1.54) is 24.1 Å². The maximum atomic E-state index is 13.3. The zero-order chi connectivity index (χ0) is 20.4. The third-order valence-electron chi connectivity index (χ3n) is 6.13. The minimum absolute atomic E-state index is 0.0772. The maximum Gasteiger partial charge on any atom is 0.318 e. The van der Waals surface area contributed by atoms with Crippen LogP contribution in [-0.2, 0) is 13.0 Å². The molecule has 1 aliphatic carbocycles. The molecule has 1 fully saturated rings. The summed E-state index contributed by atoms with van der Waals surface area (Å²) in [6.07, 6.45) is 4.12. The Balaban J connectivity index is 1.50. The van der Waals surface area contributed by atoms with Crippen LogP contribution in [0.25, 0.3) is 0 Å². The van der Waals surface area contributed by atoms with Gasteiger partial charge in [0.1, 0.15) is 5.82 Å². The van der Waals surface area contributed by atoms with Crippen molar-refractivity contribution in [2.24, 2.45) is 5.92 Å². The van der Waals surface area contributed by atoms with Gasteiger partial charge >= 0.3 is 6.03 Å². The van der Waals surface area contributed by atoms with Crippen LogP contribution in [0.3, 0.4) is 0 Å². The fourth-order valence-corrected chi connectivity index (χ4v) is 4.20. The number of hydrogen-bond acceptors (Lipinski definition) is 3. The van der Waals surface area contributed by atoms with Gasteiger partial charge in [-0.2, -0.15) is 0 Å². The highest BCUT2D eigenvalue weighted by Crippen LogP contribution is 2.38. The molecule has 5 nitrogen and oxygen atoms in total. The van der Waals surface area contributed by atoms with Crippen LogP contribution in [0.2, 0.25) is 0 Å². The lowest BCUT2D eigenvalue weighted by Crippen LogP contribution is -2.46. The Morgan fingerprint density at radius 1 is 1.10 bits per heavy atom. The summed E-state index contributed by atoms with van der Waals surface area (Å²) in [5.41, 5.74) is 3.22. The highest BCUT2D eigenvalue weighted by atomic mass is 19.1. The zero-order valence-corrected chi connectivity index (χ0v) is 16.9. The molecule has 1 aliphatic heterocycles. The number of ether oxygens (including phenoxy) is 2. The number of carbonyl (C=O) groups excluding carboxylic acids is 1. The van der Waals surface area contributed by atoms with Crippen LogP contribution in [0.5, 0.6) is 11.5 Å². The van der Waals surface area contributed by atoms with Crippen LogP contribution in [0.1, 0.15) is 42.0 Å². The fraction of sp³-hybridized carbons (Fsp3) is 0.435. The van der Waals surface area contributed by atoms with Crippen LogP contribution >= 0.6 is 0 Å². The van der Waals surface area contributed by atoms with E-state index >= 15 is 0 Å². The topological polar surface area (TPSA) is 50.8 Å². The smallest absolute Gasteiger partial charge is 0.318 e. The summed E-state index contributed by atoms with van der Waals surface area (Å²) in [4.78, 5) is 14.9. The molecule has 1 unspecified atom stereocenters. The normalized spacial score (nSPS) is 17.1. The highest BCUT2D eigenvalue weighted by molar-refractivity contribution is 5.75. The van der Waals surface area contributed by atoms with Crippen molar-refractivity contribution in [3.63, 3.8) is 0 Å². The van der Waals surface area contributed by atoms with Gasteiger partial charge in [0.15, 0.2) is 11.5 Å². The number of nitrogens with one attached hydrogen (secondary N) is 1. The third-order valence-corrected chi connectivity index (χ3v) is 6.13. The summed E-state index contributed by atoms with van der Waals surface area (Å²) in [5, 5.41) is 3.21. The lowest BCUT2D eigenvalue weighted by atomic mass is 9.77. The Bertz CT molecular complexity index is 880. The summed E-state index contributed by atoms with van der Waals surface area (Å²) in [5.74, 6) is 1.54. The minimum Gasteiger partial charge on any atom is -0.493 e. The summed E-state index contributed by atoms with van der Waals surface area (Å²) < 4.78 is 24.1. The predicted molar refractivity (Wildman–Crippen MR) is 109 cm³/mol. The molecule has 1 saturated carbocycles. The van der Waals surface area contributed by atoms with Gasteiger partial charge in [-0.25, -0.2) is 9.18 Å². The first-order valence-corrected chi connectivity index (χ1v) is 10.1. The molecule has 1 heterocycles. The van der Waals surface area contributed by atoms with Gasteiger partial charge in [-0.05, 0) is 66.1 Å². The van der Waals surface area contributed by atoms with E-state index in [2.05, 4.69) is 5.32 Å². The van der Waals surface area contributed by atoms with Gasteiger partial charge in [0.2, 0.25) is 0 Å². The van der Waals surface area contributed by atoms with Crippen LogP contribution in [0.15, 0.2) is 36.4 Å². The van der Waals surface area contributed by atoms with E-state index in [1.807, 2.05) is 17.0 Å². The average Bonchev–Trinajstić information content (AvgIpc) is 2.71. The van der Waals surface area contributed by atoms with Crippen molar-refractivity contribution < 1.29 is 18.7 Å². The lowest BCUT2D eigenvalue weighted by Gasteiger charge is -2.37. The molecular weight excluding hydrogens is 371 g/mol. The van der Waals surface area contributed by atoms with E-state index in [4.69, 9.17) is 9.47 Å². The first-order valence-electron chi connectivity index (χ1n) is 10.1. The maximum absolute atomic E-state index is 13.3. The number of carbonyl (C=O) groups is 1. The summed E-state index contributed by atoms with van der Waals surface area (Å²) >= 11 is 0. The molecule has 154 valence electrons. The first-order chi connectivity index (χ1) is 14.1. The first kappa shape index (κ1) is 19.6. The molecule has 0 spiro atoms. The number of benzene rings is 2. The molecule has 6 heteroatoms. The quantitative estimate of drug-likeness (QED) is 0.809. The summed E-state index contributed by atoms with van der Waals surface area (Å²) in [6, 6.07) is 10.3. The number of methoxy groups -OCH3 is 2. The molecule has 0 aromatic heterocycles. The molecule has 4 rings (SSSR count). The number of urea groups is 1. The Morgan fingerprint density at radius 3 is 2.34 bits per heavy atom. The van der Waals surface area contributed by atoms with Crippen LogP contribution in [0, 0.1) is 11.7 Å². The van der Waals surface area contributed by atoms with Crippen molar-refractivity contribution in [2.45, 2.75) is 38.3 Å². The number of hydrogen-bond donors (Lipinski definition) is 1. The largest absolute Gasteiger partial charge is 0.493 e. The SMILES string of the molecule is COc1cc2c(cc1OC)CN(C(=O)NC(c1ccc(F)cc1)C1CCC1)CC2. The van der Waals surface area contributed by atoms with Crippen molar-refractivity contribution in [3.05, 3.63) is 58.9 Å². The molecule has 2 aromatic rings. The second-order valence-corrected chi connectivity index (χ2v) is 7.82. The van der Waals surface area contributed by atoms with E-state index < -0.39 is 0 Å². The number of halogens is 1. The van der Waals surface area contributed by atoms with Gasteiger partial charge in [0.05, 0.1) is 20.3 Å². The van der Waals surface area contributed by atoms with Crippen LogP contribution in [-0.4, -0.2) is 31.7 Å². The molecule has 1 N–H and O–H groups in total. The molecule has 0 bridgehead atoms. The Labute approximate surface area is 170 Å². The monoisotopic (exact) mass is 398 g/mol. The predicted octanol–water partition coefficient (Wildman–Crippen LogP) is 4.45. The molecule has 2 aliphatic rings. The summed E-state index contributed by atoms with van der Waals surface area (Å²) in [7, 11) is 3.24. The van der Waals surface area contributed by atoms with Crippen molar-refractivity contribution in [1.82, 2.24) is 10.2 Å².